The van der Waals surface area contributed by atoms with Gasteiger partial charge in [-0.1, -0.05) is 6.07 Å². The summed E-state index contributed by atoms with van der Waals surface area (Å²) >= 11 is 0. The second kappa shape index (κ2) is 6.34. The SMILES string of the molecule is Cc1ccc(N)cc1S(=O)(=O)N1CCC(CN(C)C)CC1. The first kappa shape index (κ1) is 16.3. The molecule has 0 aromatic heterocycles. The van der Waals surface area contributed by atoms with Crippen LogP contribution in [0.15, 0.2) is 23.1 Å². The molecular weight excluding hydrogens is 286 g/mol. The predicted octanol–water partition coefficient (Wildman–Crippen LogP) is 1.54. The molecule has 2 N–H and O–H groups in total. The van der Waals surface area contributed by atoms with E-state index in [1.807, 2.05) is 6.92 Å². The first-order valence-corrected chi connectivity index (χ1v) is 8.75. The van der Waals surface area contributed by atoms with E-state index in [1.54, 1.807) is 22.5 Å². The highest BCUT2D eigenvalue weighted by atomic mass is 32.2. The lowest BCUT2D eigenvalue weighted by molar-refractivity contribution is 0.225. The third-order valence-electron chi connectivity index (χ3n) is 4.03. The van der Waals surface area contributed by atoms with Crippen LogP contribution in [0.2, 0.25) is 0 Å². The van der Waals surface area contributed by atoms with E-state index >= 15 is 0 Å². The number of anilines is 1. The second-order valence-corrected chi connectivity index (χ2v) is 8.04. The minimum absolute atomic E-state index is 0.341. The maximum atomic E-state index is 12.7. The zero-order chi connectivity index (χ0) is 15.6. The highest BCUT2D eigenvalue weighted by Crippen LogP contribution is 2.27. The van der Waals surface area contributed by atoms with E-state index in [4.69, 9.17) is 5.73 Å². The van der Waals surface area contributed by atoms with Crippen LogP contribution >= 0.6 is 0 Å². The Hall–Kier alpha value is -1.11. The lowest BCUT2D eigenvalue weighted by Crippen LogP contribution is -2.40. The molecule has 21 heavy (non-hydrogen) atoms. The van der Waals surface area contributed by atoms with Crippen molar-refractivity contribution in [2.75, 3.05) is 39.5 Å². The van der Waals surface area contributed by atoms with Crippen LogP contribution in [0.3, 0.4) is 0 Å². The van der Waals surface area contributed by atoms with Crippen LogP contribution in [0, 0.1) is 12.8 Å². The van der Waals surface area contributed by atoms with Crippen molar-refractivity contribution in [1.29, 1.82) is 0 Å². The number of nitrogens with two attached hydrogens (primary N) is 1. The first-order chi connectivity index (χ1) is 9.80. The summed E-state index contributed by atoms with van der Waals surface area (Å²) in [6.45, 7) is 4.01. The maximum absolute atomic E-state index is 12.7. The molecule has 0 spiro atoms. The normalized spacial score (nSPS) is 18.3. The van der Waals surface area contributed by atoms with Gasteiger partial charge in [0.25, 0.3) is 0 Å². The number of rotatable bonds is 4. The van der Waals surface area contributed by atoms with Gasteiger partial charge in [0.05, 0.1) is 4.90 Å². The van der Waals surface area contributed by atoms with E-state index < -0.39 is 10.0 Å². The second-order valence-electron chi connectivity index (χ2n) is 6.13. The Morgan fingerprint density at radius 3 is 2.48 bits per heavy atom. The molecular formula is C15H25N3O2S. The number of benzene rings is 1. The zero-order valence-corrected chi connectivity index (χ0v) is 13.9. The lowest BCUT2D eigenvalue weighted by atomic mass is 9.98. The van der Waals surface area contributed by atoms with Gasteiger partial charge in [0.1, 0.15) is 0 Å². The Morgan fingerprint density at radius 2 is 1.90 bits per heavy atom. The third-order valence-corrected chi connectivity index (χ3v) is 6.07. The van der Waals surface area contributed by atoms with E-state index in [2.05, 4.69) is 19.0 Å². The largest absolute Gasteiger partial charge is 0.399 e. The molecule has 1 aromatic carbocycles. The number of aryl methyl sites for hydroxylation is 1. The van der Waals surface area contributed by atoms with Crippen LogP contribution in [0.5, 0.6) is 0 Å². The molecule has 0 unspecified atom stereocenters. The molecule has 2 rings (SSSR count). The predicted molar refractivity (Wildman–Crippen MR) is 85.6 cm³/mol. The van der Waals surface area contributed by atoms with Gasteiger partial charge < -0.3 is 10.6 Å². The van der Waals surface area contributed by atoms with Crippen LogP contribution in [0.25, 0.3) is 0 Å². The molecule has 1 aliphatic heterocycles. The average Bonchev–Trinajstić information content (AvgIpc) is 2.41. The molecule has 0 amide bonds. The summed E-state index contributed by atoms with van der Waals surface area (Å²) in [6, 6.07) is 5.06. The fraction of sp³-hybridized carbons (Fsp3) is 0.600. The van der Waals surface area contributed by atoms with Gasteiger partial charge in [0.2, 0.25) is 10.0 Å². The lowest BCUT2D eigenvalue weighted by Gasteiger charge is -2.32. The molecule has 5 nitrogen and oxygen atoms in total. The molecule has 1 aromatic rings. The Balaban J connectivity index is 2.13. The van der Waals surface area contributed by atoms with E-state index in [9.17, 15) is 8.42 Å². The van der Waals surface area contributed by atoms with Gasteiger partial charge in [-0.2, -0.15) is 4.31 Å². The van der Waals surface area contributed by atoms with Gasteiger partial charge >= 0.3 is 0 Å². The van der Waals surface area contributed by atoms with Crippen molar-refractivity contribution in [2.45, 2.75) is 24.7 Å². The van der Waals surface area contributed by atoms with Crippen LogP contribution in [-0.4, -0.2) is 51.4 Å². The quantitative estimate of drug-likeness (QED) is 0.857. The fourth-order valence-corrected chi connectivity index (χ4v) is 4.61. The van der Waals surface area contributed by atoms with Gasteiger partial charge in [0, 0.05) is 25.3 Å². The Morgan fingerprint density at radius 1 is 1.29 bits per heavy atom. The van der Waals surface area contributed by atoms with Gasteiger partial charge in [-0.05, 0) is 57.5 Å². The molecule has 1 heterocycles. The molecule has 0 radical (unpaired) electrons. The maximum Gasteiger partial charge on any atom is 0.243 e. The summed E-state index contributed by atoms with van der Waals surface area (Å²) in [4.78, 5) is 2.50. The summed E-state index contributed by atoms with van der Waals surface area (Å²) in [7, 11) is 0.682. The van der Waals surface area contributed by atoms with Crippen molar-refractivity contribution < 1.29 is 8.42 Å². The molecule has 118 valence electrons. The van der Waals surface area contributed by atoms with E-state index in [0.717, 1.165) is 24.9 Å². The molecule has 6 heteroatoms. The summed E-state index contributed by atoms with van der Waals surface area (Å²) in [6.07, 6.45) is 1.83. The number of hydrogen-bond acceptors (Lipinski definition) is 4. The summed E-state index contributed by atoms with van der Waals surface area (Å²) < 4.78 is 27.1. The third kappa shape index (κ3) is 3.75. The molecule has 0 saturated carbocycles. The summed E-state index contributed by atoms with van der Waals surface area (Å²) in [5.74, 6) is 0.577. The van der Waals surface area contributed by atoms with Gasteiger partial charge in [-0.25, -0.2) is 8.42 Å². The number of hydrogen-bond donors (Lipinski definition) is 1. The van der Waals surface area contributed by atoms with Crippen molar-refractivity contribution in [1.82, 2.24) is 9.21 Å². The van der Waals surface area contributed by atoms with Crippen LogP contribution in [0.4, 0.5) is 5.69 Å². The van der Waals surface area contributed by atoms with Gasteiger partial charge in [0.15, 0.2) is 0 Å². The van der Waals surface area contributed by atoms with Crippen LogP contribution in [0.1, 0.15) is 18.4 Å². The van der Waals surface area contributed by atoms with Gasteiger partial charge in [-0.15, -0.1) is 0 Å². The molecule has 1 aliphatic rings. The van der Waals surface area contributed by atoms with Crippen molar-refractivity contribution in [3.63, 3.8) is 0 Å². The Bertz CT molecular complexity index is 591. The first-order valence-electron chi connectivity index (χ1n) is 7.31. The molecule has 1 fully saturated rings. The standard InChI is InChI=1S/C15H25N3O2S/c1-12-4-5-14(16)10-15(12)21(19,20)18-8-6-13(7-9-18)11-17(2)3/h4-5,10,13H,6-9,11,16H2,1-3H3. The molecule has 1 saturated heterocycles. The van der Waals surface area contributed by atoms with E-state index in [-0.39, 0.29) is 0 Å². The average molecular weight is 311 g/mol. The minimum Gasteiger partial charge on any atom is -0.399 e. The topological polar surface area (TPSA) is 66.6 Å². The van der Waals surface area contributed by atoms with E-state index in [0.29, 0.717) is 29.6 Å². The monoisotopic (exact) mass is 311 g/mol. The minimum atomic E-state index is -3.43. The number of nitrogens with zero attached hydrogens (tertiary/aromatic N) is 2. The molecule has 0 aliphatic carbocycles. The van der Waals surface area contributed by atoms with Gasteiger partial charge in [-0.3, -0.25) is 0 Å². The van der Waals surface area contributed by atoms with Crippen molar-refractivity contribution in [3.05, 3.63) is 23.8 Å². The summed E-state index contributed by atoms with van der Waals surface area (Å²) in [5.41, 5.74) is 6.98. The van der Waals surface area contributed by atoms with Crippen LogP contribution in [-0.2, 0) is 10.0 Å². The number of sulfonamides is 1. The van der Waals surface area contributed by atoms with Crippen LogP contribution < -0.4 is 5.73 Å². The summed E-state index contributed by atoms with van der Waals surface area (Å²) in [5, 5.41) is 0. The van der Waals surface area contributed by atoms with Crippen molar-refractivity contribution in [2.24, 2.45) is 5.92 Å². The molecule has 0 bridgehead atoms. The highest BCUT2D eigenvalue weighted by Gasteiger charge is 2.30. The smallest absolute Gasteiger partial charge is 0.243 e. The molecule has 0 atom stereocenters. The Labute approximate surface area is 127 Å². The zero-order valence-electron chi connectivity index (χ0n) is 13.0. The Kier molecular flexibility index (Phi) is 4.91. The van der Waals surface area contributed by atoms with E-state index in [1.165, 1.54) is 0 Å². The number of piperidine rings is 1. The highest BCUT2D eigenvalue weighted by molar-refractivity contribution is 7.89. The van der Waals surface area contributed by atoms with Crippen molar-refractivity contribution in [3.8, 4) is 0 Å². The fourth-order valence-electron chi connectivity index (χ4n) is 2.88. The van der Waals surface area contributed by atoms with Crippen molar-refractivity contribution >= 4 is 15.7 Å². The number of nitrogen functional groups attached to an aromatic ring is 1.